The van der Waals surface area contributed by atoms with Crippen molar-refractivity contribution in [1.29, 1.82) is 0 Å². The van der Waals surface area contributed by atoms with Gasteiger partial charge in [-0.25, -0.2) is 8.42 Å². The molecule has 3 aromatic rings. The van der Waals surface area contributed by atoms with Crippen LogP contribution in [-0.2, 0) is 10.0 Å². The van der Waals surface area contributed by atoms with Crippen LogP contribution in [0.25, 0.3) is 11.0 Å². The van der Waals surface area contributed by atoms with E-state index in [-0.39, 0.29) is 29.7 Å². The minimum absolute atomic E-state index is 0.117. The maximum Gasteiger partial charge on any atom is 0.289 e. The van der Waals surface area contributed by atoms with Crippen LogP contribution in [-0.4, -0.2) is 54.9 Å². The summed E-state index contributed by atoms with van der Waals surface area (Å²) in [4.78, 5) is 15.1. The molecule has 1 amide bonds. The lowest BCUT2D eigenvalue weighted by atomic mass is 10.0. The second kappa shape index (κ2) is 7.80. The third-order valence-corrected chi connectivity index (χ3v) is 8.13. The number of hydrogen-bond acceptors (Lipinski definition) is 6. The molecular weight excluding hydrogens is 418 g/mol. The molecule has 0 saturated carbocycles. The number of fused-ring (bicyclic) bond motifs is 1. The number of carbonyl (C=O) groups is 1. The average Bonchev–Trinajstić information content (AvgIpc) is 3.12. The van der Waals surface area contributed by atoms with Crippen LogP contribution in [0.3, 0.4) is 0 Å². The van der Waals surface area contributed by atoms with E-state index < -0.39 is 10.0 Å². The molecule has 0 atom stereocenters. The maximum atomic E-state index is 13.3. The summed E-state index contributed by atoms with van der Waals surface area (Å²) < 4.78 is 38.7. The molecule has 2 aromatic heterocycles. The molecule has 4 rings (SSSR count). The van der Waals surface area contributed by atoms with Crippen molar-refractivity contribution in [2.75, 3.05) is 26.2 Å². The van der Waals surface area contributed by atoms with E-state index in [2.05, 4.69) is 5.16 Å². The van der Waals surface area contributed by atoms with E-state index in [1.54, 1.807) is 18.7 Å². The minimum atomic E-state index is -3.74. The van der Waals surface area contributed by atoms with Gasteiger partial charge in [-0.2, -0.15) is 4.31 Å². The molecule has 1 aliphatic rings. The molecule has 0 radical (unpaired) electrons. The number of furan rings is 1. The molecule has 1 aliphatic heterocycles. The van der Waals surface area contributed by atoms with Crippen LogP contribution in [0.2, 0.25) is 0 Å². The van der Waals surface area contributed by atoms with Crippen LogP contribution in [0.1, 0.15) is 45.1 Å². The summed E-state index contributed by atoms with van der Waals surface area (Å²) in [6, 6.07) is 4.01. The fourth-order valence-electron chi connectivity index (χ4n) is 4.33. The number of nitrogens with zero attached hydrogens (tertiary/aromatic N) is 3. The van der Waals surface area contributed by atoms with E-state index in [4.69, 9.17) is 8.94 Å². The number of aromatic nitrogens is 1. The largest absolute Gasteiger partial charge is 0.450 e. The van der Waals surface area contributed by atoms with Crippen molar-refractivity contribution >= 4 is 26.9 Å². The van der Waals surface area contributed by atoms with Crippen molar-refractivity contribution < 1.29 is 22.2 Å². The molecule has 166 valence electrons. The second-order valence-corrected chi connectivity index (χ2v) is 10.0. The zero-order chi connectivity index (χ0) is 22.5. The number of hydrogen-bond donors (Lipinski definition) is 0. The first kappa shape index (κ1) is 21.6. The smallest absolute Gasteiger partial charge is 0.289 e. The average molecular weight is 446 g/mol. The molecule has 0 aliphatic carbocycles. The molecule has 0 unspecified atom stereocenters. The Kier molecular flexibility index (Phi) is 5.43. The van der Waals surface area contributed by atoms with E-state index in [0.29, 0.717) is 31.0 Å². The Morgan fingerprint density at radius 1 is 1.00 bits per heavy atom. The monoisotopic (exact) mass is 445 g/mol. The van der Waals surface area contributed by atoms with Gasteiger partial charge in [-0.05, 0) is 52.2 Å². The lowest BCUT2D eigenvalue weighted by molar-refractivity contribution is 0.0733. The molecule has 1 aromatic carbocycles. The third kappa shape index (κ3) is 3.55. The summed E-state index contributed by atoms with van der Waals surface area (Å²) in [6.45, 7) is 10.3. The quantitative estimate of drug-likeness (QED) is 0.612. The van der Waals surface area contributed by atoms with E-state index in [9.17, 15) is 13.2 Å². The minimum Gasteiger partial charge on any atom is -0.450 e. The summed E-state index contributed by atoms with van der Waals surface area (Å²) in [5.41, 5.74) is 3.95. The van der Waals surface area contributed by atoms with Gasteiger partial charge in [-0.1, -0.05) is 17.3 Å². The summed E-state index contributed by atoms with van der Waals surface area (Å²) in [5, 5.41) is 4.74. The van der Waals surface area contributed by atoms with Crippen LogP contribution in [0.4, 0.5) is 0 Å². The standard InChI is InChI=1S/C22H27N3O5S/c1-13-7-8-14(2)19-18(13)15(3)20(29-19)22(26)24-9-6-10-25(12-11-24)31(27,28)21-16(4)23-30-17(21)5/h7-8H,6,9-12H2,1-5H3. The zero-order valence-corrected chi connectivity index (χ0v) is 19.3. The molecule has 1 saturated heterocycles. The predicted molar refractivity (Wildman–Crippen MR) is 116 cm³/mol. The maximum absolute atomic E-state index is 13.3. The van der Waals surface area contributed by atoms with E-state index >= 15 is 0 Å². The fourth-order valence-corrected chi connectivity index (χ4v) is 6.09. The van der Waals surface area contributed by atoms with Crippen LogP contribution < -0.4 is 0 Å². The first-order valence-corrected chi connectivity index (χ1v) is 11.8. The summed E-state index contributed by atoms with van der Waals surface area (Å²) in [5.74, 6) is 0.400. The van der Waals surface area contributed by atoms with Crippen LogP contribution in [0, 0.1) is 34.6 Å². The van der Waals surface area contributed by atoms with Crippen LogP contribution in [0.5, 0.6) is 0 Å². The highest BCUT2D eigenvalue weighted by Crippen LogP contribution is 2.32. The SMILES string of the molecule is Cc1noc(C)c1S(=O)(=O)N1CCCN(C(=O)c2oc3c(C)ccc(C)c3c2C)CC1. The highest BCUT2D eigenvalue weighted by Gasteiger charge is 2.34. The number of sulfonamides is 1. The van der Waals surface area contributed by atoms with Crippen LogP contribution in [0.15, 0.2) is 26.0 Å². The van der Waals surface area contributed by atoms with Crippen molar-refractivity contribution in [3.63, 3.8) is 0 Å². The number of benzene rings is 1. The van der Waals surface area contributed by atoms with Gasteiger partial charge in [0.25, 0.3) is 5.91 Å². The highest BCUT2D eigenvalue weighted by molar-refractivity contribution is 7.89. The third-order valence-electron chi connectivity index (χ3n) is 5.98. The van der Waals surface area contributed by atoms with Crippen LogP contribution >= 0.6 is 0 Å². The van der Waals surface area contributed by atoms with Gasteiger partial charge in [0.2, 0.25) is 10.0 Å². The Morgan fingerprint density at radius 3 is 2.35 bits per heavy atom. The lowest BCUT2D eigenvalue weighted by Gasteiger charge is -2.21. The summed E-state index contributed by atoms with van der Waals surface area (Å²) >= 11 is 0. The lowest BCUT2D eigenvalue weighted by Crippen LogP contribution is -2.37. The number of aryl methyl sites for hydroxylation is 5. The molecule has 0 N–H and O–H groups in total. The van der Waals surface area contributed by atoms with Gasteiger partial charge in [0.05, 0.1) is 0 Å². The van der Waals surface area contributed by atoms with Crippen molar-refractivity contribution in [2.45, 2.75) is 45.9 Å². The molecule has 1 fully saturated rings. The molecule has 31 heavy (non-hydrogen) atoms. The Hall–Kier alpha value is -2.65. The van der Waals surface area contributed by atoms with Gasteiger partial charge in [-0.3, -0.25) is 4.79 Å². The Labute approximate surface area is 181 Å². The van der Waals surface area contributed by atoms with Crippen molar-refractivity contribution in [3.8, 4) is 0 Å². The Morgan fingerprint density at radius 2 is 1.71 bits per heavy atom. The number of carbonyl (C=O) groups excluding carboxylic acids is 1. The topological polar surface area (TPSA) is 96.9 Å². The normalized spacial score (nSPS) is 16.1. The summed E-state index contributed by atoms with van der Waals surface area (Å²) in [6.07, 6.45) is 0.533. The van der Waals surface area contributed by atoms with Gasteiger partial charge >= 0.3 is 0 Å². The van der Waals surface area contributed by atoms with Crippen molar-refractivity contribution in [3.05, 3.63) is 46.0 Å². The van der Waals surface area contributed by atoms with Gasteiger partial charge in [0, 0.05) is 37.1 Å². The van der Waals surface area contributed by atoms with Gasteiger partial charge in [-0.15, -0.1) is 0 Å². The number of amides is 1. The van der Waals surface area contributed by atoms with Gasteiger partial charge < -0.3 is 13.8 Å². The molecule has 0 spiro atoms. The first-order chi connectivity index (χ1) is 14.6. The Bertz CT molecular complexity index is 1250. The second-order valence-electron chi connectivity index (χ2n) is 8.16. The fraction of sp³-hybridized carbons (Fsp3) is 0.455. The van der Waals surface area contributed by atoms with Gasteiger partial charge in [0.1, 0.15) is 16.2 Å². The van der Waals surface area contributed by atoms with Crippen molar-refractivity contribution in [1.82, 2.24) is 14.4 Å². The van der Waals surface area contributed by atoms with E-state index in [1.165, 1.54) is 4.31 Å². The molecular formula is C22H27N3O5S. The van der Waals surface area contributed by atoms with Crippen molar-refractivity contribution in [2.24, 2.45) is 0 Å². The van der Waals surface area contributed by atoms with E-state index in [0.717, 1.165) is 27.7 Å². The Balaban J connectivity index is 1.59. The zero-order valence-electron chi connectivity index (χ0n) is 18.5. The summed E-state index contributed by atoms with van der Waals surface area (Å²) in [7, 11) is -3.74. The highest BCUT2D eigenvalue weighted by atomic mass is 32.2. The first-order valence-electron chi connectivity index (χ1n) is 10.3. The molecule has 0 bridgehead atoms. The molecule has 9 heteroatoms. The van der Waals surface area contributed by atoms with E-state index in [1.807, 2.05) is 32.9 Å². The predicted octanol–water partition coefficient (Wildman–Crippen LogP) is 3.50. The van der Waals surface area contributed by atoms with Gasteiger partial charge in [0.15, 0.2) is 11.5 Å². The molecule has 8 nitrogen and oxygen atoms in total. The molecule has 3 heterocycles. The number of rotatable bonds is 3.